The second-order valence-electron chi connectivity index (χ2n) is 3.52. The normalized spacial score (nSPS) is 14.4. The number of nitrogens with two attached hydrogens (primary N) is 1. The molecule has 1 amide bonds. The number of methoxy groups -OCH3 is 1. The van der Waals surface area contributed by atoms with Crippen molar-refractivity contribution in [3.8, 4) is 0 Å². The zero-order chi connectivity index (χ0) is 11.7. The van der Waals surface area contributed by atoms with Gasteiger partial charge in [-0.3, -0.25) is 9.78 Å². The molecule has 0 saturated carbocycles. The number of aromatic nitrogens is 2. The van der Waals surface area contributed by atoms with E-state index in [2.05, 4.69) is 14.7 Å². The van der Waals surface area contributed by atoms with Crippen molar-refractivity contribution in [2.24, 2.45) is 0 Å². The highest BCUT2D eigenvalue weighted by atomic mass is 16.5. The molecule has 0 spiro atoms. The average Bonchev–Trinajstić information content (AvgIpc) is 2.27. The first-order valence-electron chi connectivity index (χ1n) is 4.82. The lowest BCUT2D eigenvalue weighted by Crippen LogP contribution is -2.39. The number of H-pyrrole nitrogens is 1. The molecule has 0 radical (unpaired) electrons. The molecule has 7 nitrogen and oxygen atoms in total. The molecule has 0 fully saturated rings. The number of carbonyl (C=O) groups excluding carboxylic acids is 1. The lowest BCUT2D eigenvalue weighted by Gasteiger charge is -2.26. The predicted molar refractivity (Wildman–Crippen MR) is 55.8 cm³/mol. The lowest BCUT2D eigenvalue weighted by molar-refractivity contribution is 0.118. The van der Waals surface area contributed by atoms with Gasteiger partial charge < -0.3 is 15.4 Å². The number of amides is 1. The summed E-state index contributed by atoms with van der Waals surface area (Å²) < 4.78 is 4.61. The van der Waals surface area contributed by atoms with Crippen LogP contribution >= 0.6 is 0 Å². The Morgan fingerprint density at radius 1 is 1.62 bits per heavy atom. The summed E-state index contributed by atoms with van der Waals surface area (Å²) in [4.78, 5) is 30.8. The first-order valence-corrected chi connectivity index (χ1v) is 4.82. The molecular formula is C9H12N4O3. The third-order valence-corrected chi connectivity index (χ3v) is 2.52. The van der Waals surface area contributed by atoms with Crippen molar-refractivity contribution >= 4 is 12.0 Å². The van der Waals surface area contributed by atoms with E-state index in [1.807, 2.05) is 0 Å². The number of carbonyl (C=O) groups is 1. The second kappa shape index (κ2) is 3.84. The standard InChI is InChI=1S/C9H12N4O3/c1-16-9(15)13-3-2-5-6(4-13)11-8(10)12-7(5)14/h2-4H2,1H3,(H3,10,11,12,14). The summed E-state index contributed by atoms with van der Waals surface area (Å²) >= 11 is 0. The number of fused-ring (bicyclic) bond motifs is 1. The minimum atomic E-state index is -0.425. The van der Waals surface area contributed by atoms with Crippen LogP contribution in [0.3, 0.4) is 0 Å². The first kappa shape index (κ1) is 10.5. The monoisotopic (exact) mass is 224 g/mol. The summed E-state index contributed by atoms with van der Waals surface area (Å²) in [5.41, 5.74) is 6.34. The van der Waals surface area contributed by atoms with Gasteiger partial charge in [0.25, 0.3) is 5.56 Å². The van der Waals surface area contributed by atoms with E-state index >= 15 is 0 Å². The molecule has 1 aliphatic heterocycles. The third kappa shape index (κ3) is 1.71. The summed E-state index contributed by atoms with van der Waals surface area (Å²) in [6.07, 6.45) is 0.0406. The van der Waals surface area contributed by atoms with Crippen LogP contribution < -0.4 is 11.3 Å². The molecule has 2 heterocycles. The van der Waals surface area contributed by atoms with Crippen molar-refractivity contribution in [2.75, 3.05) is 19.4 Å². The van der Waals surface area contributed by atoms with E-state index in [0.717, 1.165) is 0 Å². The number of aromatic amines is 1. The van der Waals surface area contributed by atoms with Crippen LogP contribution in [-0.2, 0) is 17.7 Å². The highest BCUT2D eigenvalue weighted by Gasteiger charge is 2.24. The Bertz CT molecular complexity index is 482. The maximum Gasteiger partial charge on any atom is 0.409 e. The van der Waals surface area contributed by atoms with Crippen LogP contribution in [0.25, 0.3) is 0 Å². The van der Waals surface area contributed by atoms with Gasteiger partial charge in [0.05, 0.1) is 19.3 Å². The van der Waals surface area contributed by atoms with Gasteiger partial charge in [0, 0.05) is 12.1 Å². The molecule has 7 heteroatoms. The van der Waals surface area contributed by atoms with Crippen molar-refractivity contribution in [2.45, 2.75) is 13.0 Å². The molecule has 0 aromatic carbocycles. The van der Waals surface area contributed by atoms with Gasteiger partial charge in [-0.05, 0) is 6.42 Å². The number of ether oxygens (including phenoxy) is 1. The van der Waals surface area contributed by atoms with Crippen molar-refractivity contribution in [1.82, 2.24) is 14.9 Å². The third-order valence-electron chi connectivity index (χ3n) is 2.52. The van der Waals surface area contributed by atoms with Crippen LogP contribution in [0.2, 0.25) is 0 Å². The molecule has 86 valence electrons. The molecular weight excluding hydrogens is 212 g/mol. The number of rotatable bonds is 0. The first-order chi connectivity index (χ1) is 7.61. The van der Waals surface area contributed by atoms with E-state index in [-0.39, 0.29) is 18.1 Å². The Hall–Kier alpha value is -2.05. The van der Waals surface area contributed by atoms with Gasteiger partial charge in [-0.2, -0.15) is 0 Å². The van der Waals surface area contributed by atoms with Crippen LogP contribution in [0.4, 0.5) is 10.7 Å². The largest absolute Gasteiger partial charge is 0.453 e. The molecule has 0 atom stereocenters. The Morgan fingerprint density at radius 3 is 3.06 bits per heavy atom. The highest BCUT2D eigenvalue weighted by molar-refractivity contribution is 5.67. The average molecular weight is 224 g/mol. The number of hydrogen-bond acceptors (Lipinski definition) is 5. The highest BCUT2D eigenvalue weighted by Crippen LogP contribution is 2.14. The van der Waals surface area contributed by atoms with Gasteiger partial charge in [-0.15, -0.1) is 0 Å². The molecule has 0 unspecified atom stereocenters. The zero-order valence-corrected chi connectivity index (χ0v) is 8.82. The Balaban J connectivity index is 2.33. The Kier molecular flexibility index (Phi) is 2.51. The number of nitrogens with one attached hydrogen (secondary N) is 1. The van der Waals surface area contributed by atoms with Crippen molar-refractivity contribution in [3.63, 3.8) is 0 Å². The fourth-order valence-electron chi connectivity index (χ4n) is 1.74. The van der Waals surface area contributed by atoms with Crippen LogP contribution in [-0.4, -0.2) is 34.6 Å². The smallest absolute Gasteiger partial charge is 0.409 e. The molecule has 1 aromatic heterocycles. The Labute approximate surface area is 91.2 Å². The summed E-state index contributed by atoms with van der Waals surface area (Å²) in [7, 11) is 1.32. The zero-order valence-electron chi connectivity index (χ0n) is 8.82. The summed E-state index contributed by atoms with van der Waals surface area (Å²) in [5, 5.41) is 0. The molecule has 0 bridgehead atoms. The van der Waals surface area contributed by atoms with Crippen molar-refractivity contribution in [1.29, 1.82) is 0 Å². The minimum absolute atomic E-state index is 0.0652. The number of nitrogen functional groups attached to an aromatic ring is 1. The number of hydrogen-bond donors (Lipinski definition) is 2. The second-order valence-corrected chi connectivity index (χ2v) is 3.52. The topological polar surface area (TPSA) is 101 Å². The van der Waals surface area contributed by atoms with E-state index < -0.39 is 6.09 Å². The lowest BCUT2D eigenvalue weighted by atomic mass is 10.1. The van der Waals surface area contributed by atoms with Gasteiger partial charge in [-0.25, -0.2) is 9.78 Å². The molecule has 3 N–H and O–H groups in total. The fraction of sp³-hybridized carbons (Fsp3) is 0.444. The number of anilines is 1. The summed E-state index contributed by atoms with van der Waals surface area (Å²) in [6.45, 7) is 0.713. The molecule has 16 heavy (non-hydrogen) atoms. The van der Waals surface area contributed by atoms with Gasteiger partial charge in [0.15, 0.2) is 0 Å². The Morgan fingerprint density at radius 2 is 2.38 bits per heavy atom. The van der Waals surface area contributed by atoms with E-state index in [9.17, 15) is 9.59 Å². The van der Waals surface area contributed by atoms with Crippen molar-refractivity contribution < 1.29 is 9.53 Å². The van der Waals surface area contributed by atoms with E-state index in [0.29, 0.717) is 24.2 Å². The maximum atomic E-state index is 11.5. The van der Waals surface area contributed by atoms with E-state index in [1.54, 1.807) is 0 Å². The van der Waals surface area contributed by atoms with Gasteiger partial charge >= 0.3 is 6.09 Å². The fourth-order valence-corrected chi connectivity index (χ4v) is 1.74. The summed E-state index contributed by atoms with van der Waals surface area (Å²) in [5.74, 6) is 0.0652. The van der Waals surface area contributed by atoms with Crippen LogP contribution in [0, 0.1) is 0 Å². The summed E-state index contributed by atoms with van der Waals surface area (Å²) in [6, 6.07) is 0. The molecule has 1 aromatic rings. The van der Waals surface area contributed by atoms with E-state index in [1.165, 1.54) is 12.0 Å². The molecule has 0 saturated heterocycles. The van der Waals surface area contributed by atoms with Gasteiger partial charge in [0.2, 0.25) is 5.95 Å². The van der Waals surface area contributed by atoms with E-state index in [4.69, 9.17) is 5.73 Å². The van der Waals surface area contributed by atoms with Gasteiger partial charge in [0.1, 0.15) is 0 Å². The minimum Gasteiger partial charge on any atom is -0.453 e. The van der Waals surface area contributed by atoms with Crippen LogP contribution in [0.1, 0.15) is 11.3 Å². The molecule has 1 aliphatic rings. The van der Waals surface area contributed by atoms with Crippen LogP contribution in [0.15, 0.2) is 4.79 Å². The van der Waals surface area contributed by atoms with Crippen LogP contribution in [0.5, 0.6) is 0 Å². The molecule has 2 rings (SSSR count). The maximum absolute atomic E-state index is 11.5. The van der Waals surface area contributed by atoms with Gasteiger partial charge in [-0.1, -0.05) is 0 Å². The number of nitrogens with zero attached hydrogens (tertiary/aromatic N) is 2. The molecule has 0 aliphatic carbocycles. The quantitative estimate of drug-likeness (QED) is 0.617. The SMILES string of the molecule is COC(=O)N1CCc2c(nc(N)[nH]c2=O)C1. The van der Waals surface area contributed by atoms with Crippen molar-refractivity contribution in [3.05, 3.63) is 21.6 Å². The predicted octanol–water partition coefficient (Wildman–Crippen LogP) is -0.523.